The third kappa shape index (κ3) is 3.56. The number of aromatic hydroxyl groups is 6. The third-order valence-electron chi connectivity index (χ3n) is 7.90. The van der Waals surface area contributed by atoms with E-state index in [4.69, 9.17) is 0 Å². The van der Waals surface area contributed by atoms with Crippen molar-refractivity contribution >= 4 is 33.1 Å². The molecule has 0 amide bonds. The van der Waals surface area contributed by atoms with Crippen LogP contribution in [0.4, 0.5) is 0 Å². The van der Waals surface area contributed by atoms with Crippen LogP contribution < -0.4 is 0 Å². The van der Waals surface area contributed by atoms with E-state index >= 15 is 0 Å². The Hall–Kier alpha value is -4.54. The molecule has 40 heavy (non-hydrogen) atoms. The average Bonchev–Trinajstić information content (AvgIpc) is 2.80. The molecule has 0 saturated carbocycles. The Morgan fingerprint density at radius 1 is 0.525 bits per heavy atom. The van der Waals surface area contributed by atoms with Gasteiger partial charge in [-0.25, -0.2) is 0 Å². The van der Waals surface area contributed by atoms with Gasteiger partial charge in [-0.1, -0.05) is 0 Å². The predicted octanol–water partition coefficient (Wildman–Crippen LogP) is 3.65. The van der Waals surface area contributed by atoms with Crippen LogP contribution in [0.1, 0.15) is 58.5 Å². The van der Waals surface area contributed by atoms with Crippen molar-refractivity contribution in [2.24, 2.45) is 0 Å². The maximum absolute atomic E-state index is 13.0. The highest BCUT2D eigenvalue weighted by Gasteiger charge is 2.38. The number of benzene rings is 4. The Morgan fingerprint density at radius 3 is 1.23 bits per heavy atom. The lowest BCUT2D eigenvalue weighted by Crippen LogP contribution is -2.35. The van der Waals surface area contributed by atoms with Gasteiger partial charge in [-0.05, 0) is 60.0 Å². The fraction of sp³-hybridized carbons (Fsp3) is 0.267. The molecule has 2 aliphatic carbocycles. The zero-order valence-corrected chi connectivity index (χ0v) is 21.5. The second-order valence-corrected chi connectivity index (χ2v) is 11.5. The SMILES string of the molecule is CC1(O)CC(=O)c2c(cc3cc(O)c(O)c(-c4c(O)c(O)cc5cc6c(c(O)c45)C(=O)CC(C)(O)C6)c3c2O)C1. The molecule has 0 saturated heterocycles. The van der Waals surface area contributed by atoms with E-state index in [1.807, 2.05) is 0 Å². The Labute approximate surface area is 226 Å². The zero-order valence-electron chi connectivity index (χ0n) is 21.5. The van der Waals surface area contributed by atoms with Crippen molar-refractivity contribution in [2.45, 2.75) is 50.7 Å². The molecule has 4 aromatic carbocycles. The number of ketones is 2. The molecular formula is C30H26O10. The van der Waals surface area contributed by atoms with E-state index in [2.05, 4.69) is 0 Å². The highest BCUT2D eigenvalue weighted by atomic mass is 16.3. The van der Waals surface area contributed by atoms with Crippen molar-refractivity contribution in [3.8, 4) is 45.6 Å². The van der Waals surface area contributed by atoms with Gasteiger partial charge in [-0.2, -0.15) is 0 Å². The summed E-state index contributed by atoms with van der Waals surface area (Å²) in [6.45, 7) is 2.96. The van der Waals surface area contributed by atoms with Crippen LogP contribution in [0.5, 0.6) is 34.5 Å². The molecule has 0 aromatic heterocycles. The minimum Gasteiger partial charge on any atom is -0.507 e. The number of hydrogen-bond donors (Lipinski definition) is 8. The van der Waals surface area contributed by atoms with Gasteiger partial charge in [0, 0.05) is 47.6 Å². The molecule has 0 radical (unpaired) electrons. The third-order valence-corrected chi connectivity index (χ3v) is 7.90. The van der Waals surface area contributed by atoms with E-state index in [1.165, 1.54) is 26.0 Å². The van der Waals surface area contributed by atoms with Gasteiger partial charge in [-0.3, -0.25) is 9.59 Å². The molecule has 10 heteroatoms. The van der Waals surface area contributed by atoms with Crippen LogP contribution in [0.15, 0.2) is 24.3 Å². The molecule has 0 aliphatic heterocycles. The van der Waals surface area contributed by atoms with Crippen molar-refractivity contribution in [1.82, 2.24) is 0 Å². The Kier molecular flexibility index (Phi) is 5.14. The fourth-order valence-corrected chi connectivity index (χ4v) is 6.37. The van der Waals surface area contributed by atoms with E-state index in [-0.39, 0.29) is 58.4 Å². The highest BCUT2D eigenvalue weighted by molar-refractivity contribution is 6.19. The Morgan fingerprint density at radius 2 is 0.875 bits per heavy atom. The number of phenolic OH excluding ortho intramolecular Hbond substituents is 6. The molecular weight excluding hydrogens is 520 g/mol. The van der Waals surface area contributed by atoms with Gasteiger partial charge in [0.1, 0.15) is 11.5 Å². The number of carbonyl (C=O) groups is 2. The Balaban J connectivity index is 1.78. The van der Waals surface area contributed by atoms with Crippen LogP contribution >= 0.6 is 0 Å². The maximum Gasteiger partial charge on any atom is 0.169 e. The minimum absolute atomic E-state index is 0.0215. The molecule has 6 rings (SSSR count). The lowest BCUT2D eigenvalue weighted by Gasteiger charge is -2.31. The van der Waals surface area contributed by atoms with Crippen LogP contribution in [0.2, 0.25) is 0 Å². The first kappa shape index (κ1) is 25.7. The van der Waals surface area contributed by atoms with E-state index in [0.717, 1.165) is 12.1 Å². The van der Waals surface area contributed by atoms with Gasteiger partial charge in [0.15, 0.2) is 34.6 Å². The molecule has 0 bridgehead atoms. The van der Waals surface area contributed by atoms with Crippen LogP contribution in [0, 0.1) is 0 Å². The summed E-state index contributed by atoms with van der Waals surface area (Å²) in [6, 6.07) is 5.20. The molecule has 8 N–H and O–H groups in total. The summed E-state index contributed by atoms with van der Waals surface area (Å²) in [6.07, 6.45) is -0.517. The van der Waals surface area contributed by atoms with Gasteiger partial charge in [0.25, 0.3) is 0 Å². The van der Waals surface area contributed by atoms with Gasteiger partial charge >= 0.3 is 0 Å². The molecule has 0 heterocycles. The van der Waals surface area contributed by atoms with Gasteiger partial charge in [0.05, 0.1) is 22.3 Å². The van der Waals surface area contributed by atoms with Crippen molar-refractivity contribution in [3.63, 3.8) is 0 Å². The zero-order chi connectivity index (χ0) is 29.0. The maximum atomic E-state index is 13.0. The number of phenols is 6. The first-order valence-corrected chi connectivity index (χ1v) is 12.6. The molecule has 0 spiro atoms. The predicted molar refractivity (Wildman–Crippen MR) is 143 cm³/mol. The summed E-state index contributed by atoms with van der Waals surface area (Å²) < 4.78 is 0. The summed E-state index contributed by atoms with van der Waals surface area (Å²) in [5.74, 6) is -5.30. The van der Waals surface area contributed by atoms with Gasteiger partial charge < -0.3 is 40.9 Å². The van der Waals surface area contributed by atoms with Gasteiger partial charge in [-0.15, -0.1) is 0 Å². The van der Waals surface area contributed by atoms with Crippen molar-refractivity contribution in [2.75, 3.05) is 0 Å². The number of hydrogen-bond acceptors (Lipinski definition) is 10. The monoisotopic (exact) mass is 546 g/mol. The van der Waals surface area contributed by atoms with Crippen molar-refractivity contribution in [3.05, 3.63) is 46.5 Å². The summed E-state index contributed by atoms with van der Waals surface area (Å²) in [7, 11) is 0. The molecule has 206 valence electrons. The fourth-order valence-electron chi connectivity index (χ4n) is 6.37. The van der Waals surface area contributed by atoms with Crippen molar-refractivity contribution < 1.29 is 50.4 Å². The van der Waals surface area contributed by atoms with E-state index < -0.39 is 68.4 Å². The quantitative estimate of drug-likeness (QED) is 0.163. The molecule has 2 aliphatic rings. The van der Waals surface area contributed by atoms with Crippen LogP contribution in [-0.4, -0.2) is 63.6 Å². The number of aliphatic hydroxyl groups is 2. The summed E-state index contributed by atoms with van der Waals surface area (Å²) in [5.41, 5.74) is -3.12. The van der Waals surface area contributed by atoms with Crippen LogP contribution in [0.3, 0.4) is 0 Å². The molecule has 0 fully saturated rings. The second-order valence-electron chi connectivity index (χ2n) is 11.5. The highest BCUT2D eigenvalue weighted by Crippen LogP contribution is 2.56. The molecule has 2 atom stereocenters. The lowest BCUT2D eigenvalue weighted by atomic mass is 9.77. The van der Waals surface area contributed by atoms with E-state index in [9.17, 15) is 50.4 Å². The number of rotatable bonds is 1. The van der Waals surface area contributed by atoms with Crippen molar-refractivity contribution in [1.29, 1.82) is 0 Å². The average molecular weight is 547 g/mol. The van der Waals surface area contributed by atoms with Crippen LogP contribution in [0.25, 0.3) is 32.7 Å². The smallest absolute Gasteiger partial charge is 0.169 e. The largest absolute Gasteiger partial charge is 0.507 e. The minimum atomic E-state index is -1.37. The first-order chi connectivity index (χ1) is 18.6. The standard InChI is InChI=1S/C30H26O10/c1-29(39)7-13-3-11-5-15(31)25(35)23(21(11)27(37)19(13)17(33)9-29)24-22-12(6-16(32)26(24)36)4-14-8-30(2,40)10-18(34)20(14)28(22)38/h3-6,31-32,35-40H,7-10H2,1-2H3. The second kappa shape index (κ2) is 8.00. The topological polar surface area (TPSA) is 196 Å². The number of carbonyl (C=O) groups excluding carboxylic acids is 2. The van der Waals surface area contributed by atoms with Gasteiger partial charge in [0.2, 0.25) is 0 Å². The number of Topliss-reactive ketones (excluding diaryl/α,β-unsaturated/α-hetero) is 2. The molecule has 2 unspecified atom stereocenters. The molecule has 4 aromatic rings. The first-order valence-electron chi connectivity index (χ1n) is 12.6. The molecule has 10 nitrogen and oxygen atoms in total. The van der Waals surface area contributed by atoms with E-state index in [0.29, 0.717) is 11.1 Å². The summed E-state index contributed by atoms with van der Waals surface area (Å²) >= 11 is 0. The number of fused-ring (bicyclic) bond motifs is 4. The van der Waals surface area contributed by atoms with E-state index in [1.54, 1.807) is 0 Å². The summed E-state index contributed by atoms with van der Waals surface area (Å²) in [5, 5.41) is 87.3. The normalized spacial score (nSPS) is 22.5. The summed E-state index contributed by atoms with van der Waals surface area (Å²) in [4.78, 5) is 26.0. The Bertz CT molecular complexity index is 1710. The van der Waals surface area contributed by atoms with Crippen LogP contribution in [-0.2, 0) is 12.8 Å². The lowest BCUT2D eigenvalue weighted by molar-refractivity contribution is 0.0396.